The van der Waals surface area contributed by atoms with E-state index in [0.29, 0.717) is 23.6 Å². The molecule has 0 saturated carbocycles. The molecule has 2 heterocycles. The second-order valence-electron chi connectivity index (χ2n) is 8.80. The number of aliphatic hydroxyl groups is 2. The Morgan fingerprint density at radius 1 is 1.17 bits per heavy atom. The van der Waals surface area contributed by atoms with E-state index < -0.39 is 36.2 Å². The molecule has 5 atom stereocenters. The number of nitrogens with two attached hydrogens (primary N) is 1. The van der Waals surface area contributed by atoms with Gasteiger partial charge >= 0.3 is 0 Å². The van der Waals surface area contributed by atoms with Crippen molar-refractivity contribution in [3.63, 3.8) is 0 Å². The van der Waals surface area contributed by atoms with Crippen molar-refractivity contribution in [3.05, 3.63) is 82.1 Å². The maximum atomic E-state index is 11.7. The number of rotatable bonds is 8. The molecule has 1 aliphatic heterocycles. The molecule has 186 valence electrons. The summed E-state index contributed by atoms with van der Waals surface area (Å²) < 4.78 is 13.2. The Balaban J connectivity index is 1.56. The number of amides is 1. The number of benzene rings is 2. The Labute approximate surface area is 209 Å². The summed E-state index contributed by atoms with van der Waals surface area (Å²) in [5.41, 5.74) is 8.32. The molecule has 1 fully saturated rings. The van der Waals surface area contributed by atoms with Gasteiger partial charge in [0.05, 0.1) is 25.4 Å². The summed E-state index contributed by atoms with van der Waals surface area (Å²) in [4.78, 5) is 11.7. The Bertz CT molecular complexity index is 1170. The van der Waals surface area contributed by atoms with E-state index in [1.165, 1.54) is 16.9 Å². The topological polar surface area (TPSA) is 120 Å². The highest BCUT2D eigenvalue weighted by Gasteiger charge is 2.43. The third kappa shape index (κ3) is 5.51. The minimum absolute atomic E-state index is 0.208. The van der Waals surface area contributed by atoms with Crippen LogP contribution in [0.1, 0.15) is 47.1 Å². The summed E-state index contributed by atoms with van der Waals surface area (Å²) in [6, 6.07) is 14.8. The lowest BCUT2D eigenvalue weighted by Crippen LogP contribution is -2.51. The van der Waals surface area contributed by atoms with Crippen molar-refractivity contribution in [1.29, 1.82) is 0 Å². The fourth-order valence-corrected chi connectivity index (χ4v) is 4.63. The van der Waals surface area contributed by atoms with Crippen LogP contribution in [0.5, 0.6) is 5.75 Å². The molecule has 0 spiro atoms. The second kappa shape index (κ2) is 10.8. The molecule has 0 unspecified atom stereocenters. The fourth-order valence-electron chi connectivity index (χ4n) is 4.44. The Morgan fingerprint density at radius 3 is 2.60 bits per heavy atom. The van der Waals surface area contributed by atoms with Crippen molar-refractivity contribution in [2.75, 3.05) is 6.61 Å². The van der Waals surface area contributed by atoms with Crippen molar-refractivity contribution in [3.8, 4) is 5.75 Å². The van der Waals surface area contributed by atoms with Gasteiger partial charge in [-0.3, -0.25) is 9.48 Å². The number of hydrogen-bond acceptors (Lipinski definition) is 6. The van der Waals surface area contributed by atoms with E-state index in [-0.39, 0.29) is 12.2 Å². The first-order valence-electron chi connectivity index (χ1n) is 11.6. The molecule has 9 heteroatoms. The number of carbonyl (C=O) groups excluding carboxylic acids is 1. The Hall–Kier alpha value is -2.91. The number of aromatic nitrogens is 2. The lowest BCUT2D eigenvalue weighted by Gasteiger charge is -2.42. The molecular weight excluding hydrogens is 470 g/mol. The normalized spacial score (nSPS) is 24.3. The van der Waals surface area contributed by atoms with Gasteiger partial charge in [0, 0.05) is 17.1 Å². The molecule has 4 N–H and O–H groups in total. The summed E-state index contributed by atoms with van der Waals surface area (Å²) >= 11 is 6.49. The van der Waals surface area contributed by atoms with Crippen LogP contribution in [0, 0.1) is 5.92 Å². The molecule has 1 amide bonds. The molecular formula is C26H30ClN3O5. The van der Waals surface area contributed by atoms with Crippen LogP contribution in [0.2, 0.25) is 5.02 Å². The summed E-state index contributed by atoms with van der Waals surface area (Å²) in [6.07, 6.45) is -1.38. The summed E-state index contributed by atoms with van der Waals surface area (Å²) in [6.45, 7) is 4.54. The highest BCUT2D eigenvalue weighted by atomic mass is 35.5. The van der Waals surface area contributed by atoms with Gasteiger partial charge in [-0.15, -0.1) is 0 Å². The minimum atomic E-state index is -1.13. The zero-order valence-corrected chi connectivity index (χ0v) is 20.4. The third-order valence-electron chi connectivity index (χ3n) is 6.46. The average Bonchev–Trinajstić information content (AvgIpc) is 3.31. The predicted octanol–water partition coefficient (Wildman–Crippen LogP) is 3.12. The minimum Gasteiger partial charge on any atom is -0.494 e. The van der Waals surface area contributed by atoms with Crippen LogP contribution in [-0.4, -0.2) is 50.8 Å². The molecule has 1 aliphatic rings. The molecule has 4 rings (SSSR count). The van der Waals surface area contributed by atoms with Crippen LogP contribution in [0.4, 0.5) is 0 Å². The fraction of sp³-hybridized carbons (Fsp3) is 0.385. The number of hydrogen-bond donors (Lipinski definition) is 3. The van der Waals surface area contributed by atoms with E-state index in [1.54, 1.807) is 19.1 Å². The number of primary amides is 1. The monoisotopic (exact) mass is 499 g/mol. The number of carbonyl (C=O) groups is 1. The van der Waals surface area contributed by atoms with E-state index in [1.807, 2.05) is 37.3 Å². The standard InChI is InChI=1S/C26H30ClN3O5/c1-3-34-19-7-4-16(5-8-19)12-18-13-17(6-9-20(18)27)25-24(32)23(31)15(2)22(35-25)14-30-21(26(28)33)10-11-29-30/h4-11,13,15,22-25,31-32H,3,12,14H2,1-2H3,(H2,28,33)/t15-,22-,23+,24-,25+/m1/s1. The van der Waals surface area contributed by atoms with Crippen LogP contribution >= 0.6 is 11.6 Å². The quantitative estimate of drug-likeness (QED) is 0.438. The first kappa shape index (κ1) is 25.2. The molecule has 3 aromatic rings. The number of halogens is 1. The van der Waals surface area contributed by atoms with Crippen molar-refractivity contribution in [1.82, 2.24) is 9.78 Å². The van der Waals surface area contributed by atoms with Gasteiger partial charge in [-0.25, -0.2) is 0 Å². The first-order valence-corrected chi connectivity index (χ1v) is 12.0. The van der Waals surface area contributed by atoms with Gasteiger partial charge in [-0.2, -0.15) is 5.10 Å². The van der Waals surface area contributed by atoms with Crippen LogP contribution in [0.15, 0.2) is 54.7 Å². The van der Waals surface area contributed by atoms with Gasteiger partial charge < -0.3 is 25.4 Å². The van der Waals surface area contributed by atoms with E-state index in [4.69, 9.17) is 26.8 Å². The highest BCUT2D eigenvalue weighted by Crippen LogP contribution is 2.37. The van der Waals surface area contributed by atoms with Gasteiger partial charge in [-0.1, -0.05) is 42.8 Å². The van der Waals surface area contributed by atoms with E-state index in [0.717, 1.165) is 16.9 Å². The van der Waals surface area contributed by atoms with E-state index in [9.17, 15) is 15.0 Å². The van der Waals surface area contributed by atoms with Crippen molar-refractivity contribution in [2.45, 2.75) is 51.2 Å². The smallest absolute Gasteiger partial charge is 0.266 e. The molecule has 1 saturated heterocycles. The van der Waals surface area contributed by atoms with Gasteiger partial charge in [0.15, 0.2) is 0 Å². The summed E-state index contributed by atoms with van der Waals surface area (Å²) in [5.74, 6) is -0.192. The number of ether oxygens (including phenoxy) is 2. The summed E-state index contributed by atoms with van der Waals surface area (Å²) in [5, 5.41) is 26.4. The lowest BCUT2D eigenvalue weighted by atomic mass is 9.85. The van der Waals surface area contributed by atoms with Crippen LogP contribution in [-0.2, 0) is 17.7 Å². The Kier molecular flexibility index (Phi) is 7.76. The van der Waals surface area contributed by atoms with Crippen LogP contribution < -0.4 is 10.5 Å². The van der Waals surface area contributed by atoms with Gasteiger partial charge in [-0.05, 0) is 54.3 Å². The molecule has 1 aromatic heterocycles. The van der Waals surface area contributed by atoms with Gasteiger partial charge in [0.2, 0.25) is 0 Å². The van der Waals surface area contributed by atoms with E-state index in [2.05, 4.69) is 5.10 Å². The van der Waals surface area contributed by atoms with Gasteiger partial charge in [0.1, 0.15) is 23.7 Å². The third-order valence-corrected chi connectivity index (χ3v) is 6.82. The van der Waals surface area contributed by atoms with Crippen molar-refractivity contribution < 1.29 is 24.5 Å². The Morgan fingerprint density at radius 2 is 1.91 bits per heavy atom. The predicted molar refractivity (Wildman–Crippen MR) is 131 cm³/mol. The molecule has 0 bridgehead atoms. The molecule has 8 nitrogen and oxygen atoms in total. The first-order chi connectivity index (χ1) is 16.8. The number of nitrogens with zero attached hydrogens (tertiary/aromatic N) is 2. The zero-order valence-electron chi connectivity index (χ0n) is 19.7. The van der Waals surface area contributed by atoms with Crippen molar-refractivity contribution in [2.24, 2.45) is 11.7 Å². The average molecular weight is 500 g/mol. The second-order valence-corrected chi connectivity index (χ2v) is 9.21. The summed E-state index contributed by atoms with van der Waals surface area (Å²) in [7, 11) is 0. The molecule has 0 aliphatic carbocycles. The zero-order chi connectivity index (χ0) is 25.1. The number of aliphatic hydroxyl groups excluding tert-OH is 2. The highest BCUT2D eigenvalue weighted by molar-refractivity contribution is 6.31. The van der Waals surface area contributed by atoms with Crippen molar-refractivity contribution >= 4 is 17.5 Å². The molecule has 0 radical (unpaired) electrons. The maximum Gasteiger partial charge on any atom is 0.266 e. The van der Waals surface area contributed by atoms with Gasteiger partial charge in [0.25, 0.3) is 5.91 Å². The maximum absolute atomic E-state index is 11.7. The van der Waals surface area contributed by atoms with Crippen LogP contribution in [0.3, 0.4) is 0 Å². The lowest BCUT2D eigenvalue weighted by molar-refractivity contribution is -0.202. The molecule has 2 aromatic carbocycles. The largest absolute Gasteiger partial charge is 0.494 e. The van der Waals surface area contributed by atoms with Crippen LogP contribution in [0.25, 0.3) is 0 Å². The van der Waals surface area contributed by atoms with E-state index >= 15 is 0 Å². The SMILES string of the molecule is CCOc1ccc(Cc2cc([C@@H]3O[C@H](Cn4nccc4C(N)=O)[C@@H](C)[C@H](O)[C@H]3O)ccc2Cl)cc1. The molecule has 35 heavy (non-hydrogen) atoms.